The number of aliphatic hydroxyl groups is 1. The minimum atomic E-state index is -0.426. The molecule has 1 atom stereocenters. The van der Waals surface area contributed by atoms with Crippen LogP contribution in [-0.4, -0.2) is 22.6 Å². The molecule has 1 heterocycles. The van der Waals surface area contributed by atoms with Crippen molar-refractivity contribution in [3.05, 3.63) is 77.2 Å². The molecule has 0 radical (unpaired) electrons. The van der Waals surface area contributed by atoms with Gasteiger partial charge in [-0.25, -0.2) is 0 Å². The molecule has 2 aliphatic rings. The van der Waals surface area contributed by atoms with E-state index in [4.69, 9.17) is 0 Å². The van der Waals surface area contributed by atoms with Gasteiger partial charge in [0.05, 0.1) is 12.6 Å². The fourth-order valence-corrected chi connectivity index (χ4v) is 2.35. The number of carbonyl (C=O) groups is 1. The first kappa shape index (κ1) is 12.6. The molecule has 1 aromatic heterocycles. The van der Waals surface area contributed by atoms with Crippen molar-refractivity contribution < 1.29 is 9.90 Å². The molecular formula is C16H14N2O2. The summed E-state index contributed by atoms with van der Waals surface area (Å²) in [7, 11) is 0. The van der Waals surface area contributed by atoms with E-state index in [2.05, 4.69) is 10.3 Å². The molecule has 0 spiro atoms. The number of amides is 1. The van der Waals surface area contributed by atoms with Crippen molar-refractivity contribution in [3.63, 3.8) is 0 Å². The summed E-state index contributed by atoms with van der Waals surface area (Å²) in [4.78, 5) is 16.3. The zero-order chi connectivity index (χ0) is 13.9. The summed E-state index contributed by atoms with van der Waals surface area (Å²) >= 11 is 0. The second-order valence-corrected chi connectivity index (χ2v) is 4.63. The number of aliphatic hydroxyl groups excluding tert-OH is 1. The number of nitrogens with zero attached hydrogens (tertiary/aromatic N) is 1. The summed E-state index contributed by atoms with van der Waals surface area (Å²) in [6, 6.07) is 3.14. The molecule has 1 amide bonds. The smallest absolute Gasteiger partial charge is 0.252 e. The zero-order valence-corrected chi connectivity index (χ0v) is 10.8. The minimum Gasteiger partial charge on any atom is -0.394 e. The van der Waals surface area contributed by atoms with Crippen molar-refractivity contribution in [2.24, 2.45) is 0 Å². The highest BCUT2D eigenvalue weighted by atomic mass is 16.3. The van der Waals surface area contributed by atoms with Crippen LogP contribution < -0.4 is 5.32 Å². The quantitative estimate of drug-likeness (QED) is 0.870. The Morgan fingerprint density at radius 2 is 2.05 bits per heavy atom. The average Bonchev–Trinajstić information content (AvgIpc) is 3.08. The molecule has 4 heteroatoms. The second-order valence-electron chi connectivity index (χ2n) is 4.63. The Morgan fingerprint density at radius 1 is 1.25 bits per heavy atom. The van der Waals surface area contributed by atoms with Crippen LogP contribution >= 0.6 is 0 Å². The van der Waals surface area contributed by atoms with Gasteiger partial charge < -0.3 is 10.4 Å². The number of hydrogen-bond donors (Lipinski definition) is 2. The van der Waals surface area contributed by atoms with E-state index < -0.39 is 6.04 Å². The van der Waals surface area contributed by atoms with Gasteiger partial charge in [0.15, 0.2) is 0 Å². The van der Waals surface area contributed by atoms with Crippen LogP contribution in [0.15, 0.2) is 71.6 Å². The van der Waals surface area contributed by atoms with Crippen LogP contribution in [0.1, 0.15) is 11.6 Å². The van der Waals surface area contributed by atoms with E-state index >= 15 is 0 Å². The summed E-state index contributed by atoms with van der Waals surface area (Å²) in [5.74, 6) is -0.179. The first-order valence-electron chi connectivity index (χ1n) is 6.42. The second kappa shape index (κ2) is 5.27. The van der Waals surface area contributed by atoms with Crippen LogP contribution in [0.25, 0.3) is 0 Å². The summed E-state index contributed by atoms with van der Waals surface area (Å²) < 4.78 is 0. The molecule has 2 N–H and O–H groups in total. The van der Waals surface area contributed by atoms with Crippen molar-refractivity contribution >= 4 is 5.91 Å². The van der Waals surface area contributed by atoms with E-state index in [0.717, 1.165) is 16.7 Å². The predicted octanol–water partition coefficient (Wildman–Crippen LogP) is 1.59. The minimum absolute atomic E-state index is 0.152. The van der Waals surface area contributed by atoms with E-state index in [1.807, 2.05) is 24.3 Å². The van der Waals surface area contributed by atoms with Crippen molar-refractivity contribution in [2.45, 2.75) is 6.04 Å². The molecule has 2 aliphatic carbocycles. The Hall–Kier alpha value is -2.46. The molecule has 100 valence electrons. The van der Waals surface area contributed by atoms with Crippen LogP contribution in [0.4, 0.5) is 0 Å². The van der Waals surface area contributed by atoms with E-state index in [9.17, 15) is 9.90 Å². The Kier molecular flexibility index (Phi) is 3.31. The third-order valence-corrected chi connectivity index (χ3v) is 3.41. The van der Waals surface area contributed by atoms with Crippen molar-refractivity contribution in [3.8, 4) is 0 Å². The predicted molar refractivity (Wildman–Crippen MR) is 75.6 cm³/mol. The molecule has 0 bridgehead atoms. The SMILES string of the molecule is O=C(N[C@H](CO)c1ccncc1)C1=C2C=CC=C2C=C1. The van der Waals surface area contributed by atoms with Gasteiger partial charge in [-0.2, -0.15) is 0 Å². The first-order valence-corrected chi connectivity index (χ1v) is 6.42. The number of nitrogens with one attached hydrogen (secondary N) is 1. The number of rotatable bonds is 4. The lowest BCUT2D eigenvalue weighted by Gasteiger charge is -2.17. The Labute approximate surface area is 116 Å². The maximum atomic E-state index is 12.3. The van der Waals surface area contributed by atoms with Gasteiger partial charge in [0, 0.05) is 18.0 Å². The normalized spacial score (nSPS) is 17.1. The van der Waals surface area contributed by atoms with Crippen molar-refractivity contribution in [2.75, 3.05) is 6.61 Å². The molecule has 0 aliphatic heterocycles. The molecule has 0 aromatic carbocycles. The van der Waals surface area contributed by atoms with Gasteiger partial charge in [-0.3, -0.25) is 9.78 Å². The fourth-order valence-electron chi connectivity index (χ4n) is 2.35. The van der Waals surface area contributed by atoms with E-state index in [0.29, 0.717) is 5.57 Å². The fraction of sp³-hybridized carbons (Fsp3) is 0.125. The van der Waals surface area contributed by atoms with Gasteiger partial charge in [0.2, 0.25) is 0 Å². The molecule has 0 fully saturated rings. The first-order chi connectivity index (χ1) is 9.79. The highest BCUT2D eigenvalue weighted by molar-refractivity contribution is 6.00. The van der Waals surface area contributed by atoms with Gasteiger partial charge in [0.25, 0.3) is 5.91 Å². The van der Waals surface area contributed by atoms with Crippen molar-refractivity contribution in [1.82, 2.24) is 10.3 Å². The van der Waals surface area contributed by atoms with Gasteiger partial charge in [-0.15, -0.1) is 0 Å². The van der Waals surface area contributed by atoms with Crippen LogP contribution in [0, 0.1) is 0 Å². The molecule has 0 saturated carbocycles. The van der Waals surface area contributed by atoms with Crippen LogP contribution in [0.5, 0.6) is 0 Å². The largest absolute Gasteiger partial charge is 0.394 e. The Bertz CT molecular complexity index is 654. The molecule has 20 heavy (non-hydrogen) atoms. The Balaban J connectivity index is 1.79. The lowest BCUT2D eigenvalue weighted by Crippen LogP contribution is -2.31. The molecular weight excluding hydrogens is 252 g/mol. The van der Waals surface area contributed by atoms with Crippen LogP contribution in [0.3, 0.4) is 0 Å². The molecule has 0 saturated heterocycles. The summed E-state index contributed by atoms with van der Waals surface area (Å²) in [5.41, 5.74) is 3.46. The number of aromatic nitrogens is 1. The van der Waals surface area contributed by atoms with Crippen LogP contribution in [0.2, 0.25) is 0 Å². The standard InChI is InChI=1S/C16H14N2O2/c19-10-15(12-6-8-17-9-7-12)18-16(20)14-5-4-11-2-1-3-13(11)14/h1-9,15,19H,10H2,(H,18,20)/t15-/m1/s1. The number of allylic oxidation sites excluding steroid dienone is 6. The van der Waals surface area contributed by atoms with Gasteiger partial charge in [0.1, 0.15) is 0 Å². The summed E-state index contributed by atoms with van der Waals surface area (Å²) in [5, 5.41) is 12.3. The van der Waals surface area contributed by atoms with E-state index in [1.54, 1.807) is 30.6 Å². The van der Waals surface area contributed by atoms with Crippen molar-refractivity contribution in [1.29, 1.82) is 0 Å². The van der Waals surface area contributed by atoms with Crippen LogP contribution in [-0.2, 0) is 4.79 Å². The van der Waals surface area contributed by atoms with Gasteiger partial charge in [-0.05, 0) is 34.9 Å². The number of hydrogen-bond acceptors (Lipinski definition) is 3. The highest BCUT2D eigenvalue weighted by Gasteiger charge is 2.22. The summed E-state index contributed by atoms with van der Waals surface area (Å²) in [6.07, 6.45) is 12.8. The maximum Gasteiger partial charge on any atom is 0.252 e. The third-order valence-electron chi connectivity index (χ3n) is 3.41. The maximum absolute atomic E-state index is 12.3. The molecule has 0 unspecified atom stereocenters. The monoisotopic (exact) mass is 266 g/mol. The molecule has 1 aromatic rings. The molecule has 3 rings (SSSR count). The third kappa shape index (κ3) is 2.21. The average molecular weight is 266 g/mol. The summed E-state index contributed by atoms with van der Waals surface area (Å²) in [6.45, 7) is -0.152. The zero-order valence-electron chi connectivity index (χ0n) is 10.8. The lowest BCUT2D eigenvalue weighted by molar-refractivity contribution is -0.118. The molecule has 4 nitrogen and oxygen atoms in total. The van der Waals surface area contributed by atoms with Gasteiger partial charge >= 0.3 is 0 Å². The highest BCUT2D eigenvalue weighted by Crippen LogP contribution is 2.30. The van der Waals surface area contributed by atoms with E-state index in [1.165, 1.54) is 0 Å². The Morgan fingerprint density at radius 3 is 2.80 bits per heavy atom. The van der Waals surface area contributed by atoms with Gasteiger partial charge in [-0.1, -0.05) is 24.3 Å². The number of pyridine rings is 1. The van der Waals surface area contributed by atoms with E-state index in [-0.39, 0.29) is 12.5 Å². The number of carbonyl (C=O) groups excluding carboxylic acids is 1. The lowest BCUT2D eigenvalue weighted by atomic mass is 10.1. The topological polar surface area (TPSA) is 62.2 Å². The number of fused-ring (bicyclic) bond motifs is 1.